The van der Waals surface area contributed by atoms with Gasteiger partial charge in [-0.25, -0.2) is 0 Å². The predicted molar refractivity (Wildman–Crippen MR) is 87.3 cm³/mol. The Hall–Kier alpha value is -0.800. The average molecular weight is 384 g/mol. The van der Waals surface area contributed by atoms with Crippen molar-refractivity contribution in [2.24, 2.45) is 0 Å². The first-order chi connectivity index (χ1) is 9.15. The molecule has 0 saturated carbocycles. The zero-order valence-corrected chi connectivity index (χ0v) is 14.2. The normalized spacial score (nSPS) is 12.2. The van der Waals surface area contributed by atoms with E-state index in [1.54, 1.807) is 7.11 Å². The van der Waals surface area contributed by atoms with Crippen molar-refractivity contribution in [2.75, 3.05) is 7.11 Å². The van der Waals surface area contributed by atoms with Gasteiger partial charge in [-0.15, -0.1) is 0 Å². The molecule has 0 spiro atoms. The molecule has 2 aromatic rings. The van der Waals surface area contributed by atoms with Crippen LogP contribution in [0.5, 0.6) is 5.75 Å². The van der Waals surface area contributed by atoms with E-state index in [2.05, 4.69) is 75.2 Å². The second kappa shape index (κ2) is 6.58. The Kier molecular flexibility index (Phi) is 5.06. The molecule has 2 rings (SSSR count). The summed E-state index contributed by atoms with van der Waals surface area (Å²) in [5, 5.41) is 0. The van der Waals surface area contributed by atoms with Crippen LogP contribution in [0.25, 0.3) is 0 Å². The van der Waals surface area contributed by atoms with Gasteiger partial charge in [0, 0.05) is 0 Å². The van der Waals surface area contributed by atoms with E-state index in [1.165, 1.54) is 16.7 Å². The molecular formula is C16H16Br2O. The molecule has 1 atom stereocenters. The fourth-order valence-corrected chi connectivity index (χ4v) is 3.10. The smallest absolute Gasteiger partial charge is 0.133 e. The van der Waals surface area contributed by atoms with Gasteiger partial charge < -0.3 is 4.74 Å². The third-order valence-corrected chi connectivity index (χ3v) is 4.83. The van der Waals surface area contributed by atoms with Gasteiger partial charge in [-0.1, -0.05) is 53.2 Å². The lowest BCUT2D eigenvalue weighted by atomic mass is 10.0. The van der Waals surface area contributed by atoms with E-state index in [-0.39, 0.29) is 4.83 Å². The largest absolute Gasteiger partial charge is 0.496 e. The molecule has 0 aliphatic heterocycles. The first-order valence-electron chi connectivity index (χ1n) is 6.22. The zero-order chi connectivity index (χ0) is 13.8. The molecule has 0 fully saturated rings. The number of ether oxygens (including phenoxy) is 1. The predicted octanol–water partition coefficient (Wildman–Crippen LogP) is 5.50. The quantitative estimate of drug-likeness (QED) is 0.633. The minimum atomic E-state index is 0.195. The number of hydrogen-bond acceptors (Lipinski definition) is 1. The van der Waals surface area contributed by atoms with E-state index >= 15 is 0 Å². The average Bonchev–Trinajstić information content (AvgIpc) is 2.46. The maximum absolute atomic E-state index is 5.25. The number of aryl methyl sites for hydroxylation is 1. The minimum absolute atomic E-state index is 0.195. The summed E-state index contributed by atoms with van der Waals surface area (Å²) >= 11 is 7.28. The maximum atomic E-state index is 5.25. The second-order valence-corrected chi connectivity index (χ2v) is 6.12. The van der Waals surface area contributed by atoms with E-state index in [4.69, 9.17) is 4.74 Å². The summed E-state index contributed by atoms with van der Waals surface area (Å²) < 4.78 is 6.23. The van der Waals surface area contributed by atoms with Gasteiger partial charge in [-0.05, 0) is 51.2 Å². The summed E-state index contributed by atoms with van der Waals surface area (Å²) in [5.74, 6) is 0.852. The molecule has 2 aromatic carbocycles. The third-order valence-electron chi connectivity index (χ3n) is 3.15. The Morgan fingerprint density at radius 3 is 2.21 bits per heavy atom. The molecular weight excluding hydrogens is 368 g/mol. The van der Waals surface area contributed by atoms with Crippen LogP contribution in [0.15, 0.2) is 46.9 Å². The standard InChI is InChI=1S/C16H16Br2O/c1-3-11-4-6-12(7-5-11)16(18)13-8-9-15(19-2)14(17)10-13/h4-10,16H,3H2,1-2H3. The fourth-order valence-electron chi connectivity index (χ4n) is 1.96. The molecule has 0 saturated heterocycles. The molecule has 19 heavy (non-hydrogen) atoms. The molecule has 0 bridgehead atoms. The minimum Gasteiger partial charge on any atom is -0.496 e. The number of alkyl halides is 1. The molecule has 3 heteroatoms. The van der Waals surface area contributed by atoms with Crippen LogP contribution in [0.1, 0.15) is 28.4 Å². The van der Waals surface area contributed by atoms with Crippen molar-refractivity contribution >= 4 is 31.9 Å². The highest BCUT2D eigenvalue weighted by atomic mass is 79.9. The Bertz CT molecular complexity index is 549. The number of methoxy groups -OCH3 is 1. The SMILES string of the molecule is CCc1ccc(C(Br)c2ccc(OC)c(Br)c2)cc1. The molecule has 1 nitrogen and oxygen atoms in total. The van der Waals surface area contributed by atoms with Crippen LogP contribution in [0.4, 0.5) is 0 Å². The van der Waals surface area contributed by atoms with Crippen molar-refractivity contribution in [1.29, 1.82) is 0 Å². The van der Waals surface area contributed by atoms with Crippen molar-refractivity contribution in [1.82, 2.24) is 0 Å². The Balaban J connectivity index is 2.27. The summed E-state index contributed by atoms with van der Waals surface area (Å²) in [6.45, 7) is 2.17. The Morgan fingerprint density at radius 1 is 1.05 bits per heavy atom. The van der Waals surface area contributed by atoms with Gasteiger partial charge in [0.25, 0.3) is 0 Å². The van der Waals surface area contributed by atoms with Gasteiger partial charge in [-0.3, -0.25) is 0 Å². The summed E-state index contributed by atoms with van der Waals surface area (Å²) in [5.41, 5.74) is 3.82. The highest BCUT2D eigenvalue weighted by Crippen LogP contribution is 2.35. The second-order valence-electron chi connectivity index (χ2n) is 4.35. The summed E-state index contributed by atoms with van der Waals surface area (Å²) in [7, 11) is 1.68. The van der Waals surface area contributed by atoms with Crippen LogP contribution >= 0.6 is 31.9 Å². The van der Waals surface area contributed by atoms with Crippen molar-refractivity contribution in [3.63, 3.8) is 0 Å². The lowest BCUT2D eigenvalue weighted by Gasteiger charge is -2.13. The van der Waals surface area contributed by atoms with Gasteiger partial charge in [0.05, 0.1) is 16.4 Å². The molecule has 0 N–H and O–H groups in total. The Morgan fingerprint density at radius 2 is 1.68 bits per heavy atom. The van der Waals surface area contributed by atoms with Gasteiger partial charge >= 0.3 is 0 Å². The monoisotopic (exact) mass is 382 g/mol. The summed E-state index contributed by atoms with van der Waals surface area (Å²) in [6.07, 6.45) is 1.07. The van der Waals surface area contributed by atoms with Crippen LogP contribution < -0.4 is 4.74 Å². The van der Waals surface area contributed by atoms with Gasteiger partial charge in [0.15, 0.2) is 0 Å². The first-order valence-corrected chi connectivity index (χ1v) is 7.93. The lowest BCUT2D eigenvalue weighted by Crippen LogP contribution is -1.94. The van der Waals surface area contributed by atoms with E-state index in [1.807, 2.05) is 6.07 Å². The van der Waals surface area contributed by atoms with Crippen LogP contribution in [-0.2, 0) is 6.42 Å². The molecule has 0 heterocycles. The Labute approximate surface area is 131 Å². The highest BCUT2D eigenvalue weighted by molar-refractivity contribution is 9.10. The van der Waals surface area contributed by atoms with Crippen LogP contribution in [0.3, 0.4) is 0 Å². The van der Waals surface area contributed by atoms with Crippen molar-refractivity contribution in [3.05, 3.63) is 63.6 Å². The molecule has 1 unspecified atom stereocenters. The summed E-state index contributed by atoms with van der Waals surface area (Å²) in [4.78, 5) is 0.195. The molecule has 0 amide bonds. The highest BCUT2D eigenvalue weighted by Gasteiger charge is 2.12. The number of rotatable bonds is 4. The van der Waals surface area contributed by atoms with Crippen molar-refractivity contribution in [2.45, 2.75) is 18.2 Å². The molecule has 0 aliphatic carbocycles. The molecule has 100 valence electrons. The van der Waals surface area contributed by atoms with Gasteiger partial charge in [0.2, 0.25) is 0 Å². The number of halogens is 2. The number of benzene rings is 2. The van der Waals surface area contributed by atoms with Crippen molar-refractivity contribution in [3.8, 4) is 5.75 Å². The first kappa shape index (κ1) is 14.6. The van der Waals surface area contributed by atoms with E-state index in [0.29, 0.717) is 0 Å². The van der Waals surface area contributed by atoms with E-state index < -0.39 is 0 Å². The van der Waals surface area contributed by atoms with Crippen LogP contribution in [0, 0.1) is 0 Å². The fraction of sp³-hybridized carbons (Fsp3) is 0.250. The number of hydrogen-bond donors (Lipinski definition) is 0. The van der Waals surface area contributed by atoms with Gasteiger partial charge in [0.1, 0.15) is 5.75 Å². The topological polar surface area (TPSA) is 9.23 Å². The van der Waals surface area contributed by atoms with Crippen LogP contribution in [0.2, 0.25) is 0 Å². The summed E-state index contributed by atoms with van der Waals surface area (Å²) in [6, 6.07) is 14.9. The lowest BCUT2D eigenvalue weighted by molar-refractivity contribution is 0.412. The molecule has 0 radical (unpaired) electrons. The van der Waals surface area contributed by atoms with E-state index in [0.717, 1.165) is 16.6 Å². The van der Waals surface area contributed by atoms with E-state index in [9.17, 15) is 0 Å². The third kappa shape index (κ3) is 3.40. The van der Waals surface area contributed by atoms with Crippen LogP contribution in [-0.4, -0.2) is 7.11 Å². The zero-order valence-electron chi connectivity index (χ0n) is 11.0. The molecule has 0 aromatic heterocycles. The maximum Gasteiger partial charge on any atom is 0.133 e. The molecule has 0 aliphatic rings. The van der Waals surface area contributed by atoms with Crippen molar-refractivity contribution < 1.29 is 4.74 Å². The van der Waals surface area contributed by atoms with Gasteiger partial charge in [-0.2, -0.15) is 0 Å².